The fraction of sp³-hybridized carbons (Fsp3) is 0.632. The summed E-state index contributed by atoms with van der Waals surface area (Å²) < 4.78 is 42.9. The van der Waals surface area contributed by atoms with Crippen LogP contribution in [-0.2, 0) is 22.5 Å². The summed E-state index contributed by atoms with van der Waals surface area (Å²) in [5, 5.41) is 11.0. The summed E-state index contributed by atoms with van der Waals surface area (Å²) in [6.45, 7) is 9.11. The van der Waals surface area contributed by atoms with Gasteiger partial charge in [-0.1, -0.05) is 5.16 Å². The maximum absolute atomic E-state index is 10.6. The number of hydrogen-bond donors (Lipinski definition) is 1. The Morgan fingerprint density at radius 2 is 2.03 bits per heavy atom. The van der Waals surface area contributed by atoms with Crippen molar-refractivity contribution in [2.24, 2.45) is 17.8 Å². The second-order valence-corrected chi connectivity index (χ2v) is 9.04. The number of carbonyl (C=O) groups is 1. The zero-order valence-corrected chi connectivity index (χ0v) is 17.5. The molecule has 2 aliphatic rings. The van der Waals surface area contributed by atoms with E-state index in [4.69, 9.17) is 19.2 Å². The SMILES string of the molecule is Cc1noc(C[C@@H]2COC[C@H]3CN(Cc4ccc(C)s4)C[C@@H]23)n1.O=C(O)C(F)(F)F. The maximum Gasteiger partial charge on any atom is 0.490 e. The summed E-state index contributed by atoms with van der Waals surface area (Å²) in [6.07, 6.45) is -4.24. The van der Waals surface area contributed by atoms with Crippen LogP contribution in [0.3, 0.4) is 0 Å². The average Bonchev–Trinajstić information content (AvgIpc) is 3.36. The third-order valence-electron chi connectivity index (χ3n) is 5.26. The lowest BCUT2D eigenvalue weighted by Crippen LogP contribution is -2.36. The van der Waals surface area contributed by atoms with Gasteiger partial charge in [0.05, 0.1) is 13.2 Å². The minimum absolute atomic E-state index is 0.490. The molecular formula is C19H24F3N3O4S. The average molecular weight is 447 g/mol. The van der Waals surface area contributed by atoms with E-state index in [0.29, 0.717) is 17.8 Å². The number of aliphatic carboxylic acids is 1. The van der Waals surface area contributed by atoms with Crippen LogP contribution >= 0.6 is 11.3 Å². The number of carboxylic acid groups (broad SMARTS) is 1. The summed E-state index contributed by atoms with van der Waals surface area (Å²) in [5.74, 6) is 0.519. The first-order valence-corrected chi connectivity index (χ1v) is 10.4. The minimum atomic E-state index is -5.08. The molecule has 2 fully saturated rings. The molecular weight excluding hydrogens is 423 g/mol. The van der Waals surface area contributed by atoms with Gasteiger partial charge in [-0.2, -0.15) is 18.2 Å². The van der Waals surface area contributed by atoms with Crippen LogP contribution in [0.2, 0.25) is 0 Å². The Morgan fingerprint density at radius 3 is 2.60 bits per heavy atom. The second kappa shape index (κ2) is 9.44. The highest BCUT2D eigenvalue weighted by atomic mass is 32.1. The molecule has 3 atom stereocenters. The Balaban J connectivity index is 0.000000318. The standard InChI is InChI=1S/C17H23N3O2S.C2HF3O2/c1-11-3-4-15(23-11)7-20-6-14-10-21-9-13(16(14)8-20)5-17-18-12(2)19-22-17;3-2(4,5)1(6)7/h3-4,13-14,16H,5-10H2,1-2H3;(H,6,7)/t13-,14-,16+;/m1./s1. The number of ether oxygens (including phenoxy) is 1. The molecule has 166 valence electrons. The molecule has 0 aromatic carbocycles. The van der Waals surface area contributed by atoms with Crippen molar-refractivity contribution in [2.45, 2.75) is 33.0 Å². The van der Waals surface area contributed by atoms with Gasteiger partial charge in [0.25, 0.3) is 0 Å². The van der Waals surface area contributed by atoms with Crippen molar-refractivity contribution in [3.8, 4) is 0 Å². The smallest absolute Gasteiger partial charge is 0.475 e. The number of carboxylic acids is 1. The van der Waals surface area contributed by atoms with Crippen molar-refractivity contribution in [3.63, 3.8) is 0 Å². The third kappa shape index (κ3) is 6.02. The molecule has 30 heavy (non-hydrogen) atoms. The summed E-state index contributed by atoms with van der Waals surface area (Å²) >= 11 is 1.91. The number of thiophene rings is 1. The summed E-state index contributed by atoms with van der Waals surface area (Å²) in [7, 11) is 0. The van der Waals surface area contributed by atoms with Gasteiger partial charge in [-0.05, 0) is 43.7 Å². The number of likely N-dealkylation sites (tertiary alicyclic amines) is 1. The fourth-order valence-corrected chi connectivity index (χ4v) is 4.90. The number of fused-ring (bicyclic) bond motifs is 1. The molecule has 0 aliphatic carbocycles. The highest BCUT2D eigenvalue weighted by Crippen LogP contribution is 2.36. The molecule has 0 unspecified atom stereocenters. The summed E-state index contributed by atoms with van der Waals surface area (Å²) in [4.78, 5) is 18.7. The van der Waals surface area contributed by atoms with Gasteiger partial charge in [0.1, 0.15) is 0 Å². The normalized spacial score (nSPS) is 24.2. The number of nitrogens with zero attached hydrogens (tertiary/aromatic N) is 3. The molecule has 0 amide bonds. The molecule has 4 rings (SSSR count). The third-order valence-corrected chi connectivity index (χ3v) is 6.25. The van der Waals surface area contributed by atoms with Crippen LogP contribution in [0, 0.1) is 31.6 Å². The molecule has 0 radical (unpaired) electrons. The first-order valence-electron chi connectivity index (χ1n) is 9.56. The molecule has 0 saturated carbocycles. The van der Waals surface area contributed by atoms with Gasteiger partial charge in [-0.3, -0.25) is 4.90 Å². The molecule has 0 bridgehead atoms. The van der Waals surface area contributed by atoms with E-state index in [0.717, 1.165) is 51.0 Å². The Bertz CT molecular complexity index is 854. The van der Waals surface area contributed by atoms with E-state index in [1.807, 2.05) is 18.3 Å². The van der Waals surface area contributed by atoms with E-state index in [1.54, 1.807) is 0 Å². The maximum atomic E-state index is 10.6. The zero-order valence-electron chi connectivity index (χ0n) is 16.7. The molecule has 2 aliphatic heterocycles. The van der Waals surface area contributed by atoms with E-state index in [2.05, 4.69) is 34.1 Å². The number of rotatable bonds is 4. The lowest BCUT2D eigenvalue weighted by molar-refractivity contribution is -0.192. The van der Waals surface area contributed by atoms with E-state index in [-0.39, 0.29) is 0 Å². The Morgan fingerprint density at radius 1 is 1.30 bits per heavy atom. The Labute approximate surface area is 175 Å². The van der Waals surface area contributed by atoms with Crippen molar-refractivity contribution in [1.29, 1.82) is 0 Å². The predicted molar refractivity (Wildman–Crippen MR) is 102 cm³/mol. The first-order chi connectivity index (χ1) is 14.1. The van der Waals surface area contributed by atoms with Crippen molar-refractivity contribution >= 4 is 17.3 Å². The lowest BCUT2D eigenvalue weighted by Gasteiger charge is -2.32. The van der Waals surface area contributed by atoms with Gasteiger partial charge in [0.2, 0.25) is 5.89 Å². The van der Waals surface area contributed by atoms with Crippen molar-refractivity contribution in [3.05, 3.63) is 33.6 Å². The van der Waals surface area contributed by atoms with E-state index in [1.165, 1.54) is 9.75 Å². The van der Waals surface area contributed by atoms with Crippen LogP contribution in [0.15, 0.2) is 16.7 Å². The fourth-order valence-electron chi connectivity index (χ4n) is 3.97. The monoisotopic (exact) mass is 447 g/mol. The van der Waals surface area contributed by atoms with Crippen LogP contribution in [0.1, 0.15) is 21.5 Å². The molecule has 2 aromatic rings. The quantitative estimate of drug-likeness (QED) is 0.769. The molecule has 4 heterocycles. The molecule has 0 spiro atoms. The van der Waals surface area contributed by atoms with Crippen LogP contribution in [0.25, 0.3) is 0 Å². The van der Waals surface area contributed by atoms with Crippen molar-refractivity contribution in [1.82, 2.24) is 15.0 Å². The second-order valence-electron chi connectivity index (χ2n) is 7.67. The molecule has 2 aromatic heterocycles. The number of halogens is 3. The van der Waals surface area contributed by atoms with E-state index in [9.17, 15) is 13.2 Å². The highest BCUT2D eigenvalue weighted by Gasteiger charge is 2.41. The largest absolute Gasteiger partial charge is 0.490 e. The van der Waals surface area contributed by atoms with Gasteiger partial charge in [0.15, 0.2) is 5.82 Å². The van der Waals surface area contributed by atoms with Crippen LogP contribution in [-0.4, -0.2) is 58.6 Å². The number of alkyl halides is 3. The molecule has 11 heteroatoms. The molecule has 7 nitrogen and oxygen atoms in total. The van der Waals surface area contributed by atoms with Crippen LogP contribution < -0.4 is 0 Å². The van der Waals surface area contributed by atoms with Gasteiger partial charge in [-0.25, -0.2) is 4.79 Å². The van der Waals surface area contributed by atoms with Gasteiger partial charge < -0.3 is 14.4 Å². The first kappa shape index (κ1) is 22.7. The van der Waals surface area contributed by atoms with Crippen LogP contribution in [0.5, 0.6) is 0 Å². The van der Waals surface area contributed by atoms with E-state index >= 15 is 0 Å². The highest BCUT2D eigenvalue weighted by molar-refractivity contribution is 7.11. The number of hydrogen-bond acceptors (Lipinski definition) is 7. The zero-order chi connectivity index (χ0) is 21.9. The van der Waals surface area contributed by atoms with Gasteiger partial charge >= 0.3 is 12.1 Å². The summed E-state index contributed by atoms with van der Waals surface area (Å²) in [5.41, 5.74) is 0. The number of aromatic nitrogens is 2. The van der Waals surface area contributed by atoms with Crippen molar-refractivity contribution in [2.75, 3.05) is 26.3 Å². The van der Waals surface area contributed by atoms with Gasteiger partial charge in [0, 0.05) is 35.8 Å². The Kier molecular flexibility index (Phi) is 7.14. The summed E-state index contributed by atoms with van der Waals surface area (Å²) in [6, 6.07) is 4.48. The minimum Gasteiger partial charge on any atom is -0.475 e. The Hall–Kier alpha value is -1.98. The van der Waals surface area contributed by atoms with Crippen molar-refractivity contribution < 1.29 is 32.3 Å². The van der Waals surface area contributed by atoms with E-state index < -0.39 is 12.1 Å². The van der Waals surface area contributed by atoms with Crippen LogP contribution in [0.4, 0.5) is 13.2 Å². The number of aryl methyl sites for hydroxylation is 2. The molecule has 2 saturated heterocycles. The predicted octanol–water partition coefficient (Wildman–Crippen LogP) is 3.32. The molecule has 1 N–H and O–H groups in total. The topological polar surface area (TPSA) is 88.7 Å². The van der Waals surface area contributed by atoms with Gasteiger partial charge in [-0.15, -0.1) is 11.3 Å². The lowest BCUT2D eigenvalue weighted by atomic mass is 9.81.